The molecule has 0 aliphatic carbocycles. The Kier molecular flexibility index (Phi) is 5.12. The molecule has 4 aromatic rings. The van der Waals surface area contributed by atoms with Gasteiger partial charge in [0.05, 0.1) is 5.69 Å². The number of benzene rings is 4. The lowest BCUT2D eigenvalue weighted by Crippen LogP contribution is -1.97. The van der Waals surface area contributed by atoms with Crippen molar-refractivity contribution in [1.29, 1.82) is 0 Å². The lowest BCUT2D eigenvalue weighted by molar-refractivity contribution is 0.519. The van der Waals surface area contributed by atoms with Gasteiger partial charge in [-0.3, -0.25) is 0 Å². The first-order valence-electron chi connectivity index (χ1n) is 9.28. The summed E-state index contributed by atoms with van der Waals surface area (Å²) in [5.41, 5.74) is 11.6. The van der Waals surface area contributed by atoms with E-state index in [0.717, 1.165) is 27.8 Å². The maximum atomic E-state index is 13.1. The summed E-state index contributed by atoms with van der Waals surface area (Å²) in [7, 11) is 0. The third-order valence-corrected chi connectivity index (χ3v) is 4.75. The number of hydrogen-bond acceptors (Lipinski definition) is 2. The molecule has 0 saturated heterocycles. The molecule has 4 aromatic carbocycles. The fourth-order valence-electron chi connectivity index (χ4n) is 3.11. The zero-order valence-electron chi connectivity index (χ0n) is 15.8. The second-order valence-corrected chi connectivity index (χ2v) is 6.72. The molecule has 0 spiro atoms. The Labute approximate surface area is 169 Å². The third-order valence-electron chi connectivity index (χ3n) is 4.75. The minimum Gasteiger partial charge on any atom is -0.455 e. The molecule has 0 aromatic heterocycles. The van der Waals surface area contributed by atoms with Crippen molar-refractivity contribution in [2.24, 2.45) is 0 Å². The van der Waals surface area contributed by atoms with Crippen molar-refractivity contribution in [2.75, 3.05) is 5.73 Å². The number of ether oxygens (including phenoxy) is 1. The maximum absolute atomic E-state index is 13.1. The minimum atomic E-state index is -0.231. The monoisotopic (exact) mass is 381 g/mol. The third kappa shape index (κ3) is 4.19. The van der Waals surface area contributed by atoms with Crippen molar-refractivity contribution in [3.05, 3.63) is 115 Å². The molecule has 0 heterocycles. The molecule has 142 valence electrons. The molecule has 0 saturated carbocycles. The number of anilines is 1. The highest BCUT2D eigenvalue weighted by Crippen LogP contribution is 2.28. The van der Waals surface area contributed by atoms with Crippen LogP contribution in [0.2, 0.25) is 0 Å². The van der Waals surface area contributed by atoms with Gasteiger partial charge in [-0.05, 0) is 46.5 Å². The number of hydrogen-bond donors (Lipinski definition) is 1. The van der Waals surface area contributed by atoms with Crippen LogP contribution in [0.1, 0.15) is 5.56 Å². The number of nitrogens with two attached hydrogens (primary N) is 1. The van der Waals surface area contributed by atoms with Gasteiger partial charge in [-0.1, -0.05) is 79.4 Å². The fourth-order valence-corrected chi connectivity index (χ4v) is 3.11. The summed E-state index contributed by atoms with van der Waals surface area (Å²) >= 11 is 0. The maximum Gasteiger partial charge on any atom is 0.150 e. The van der Waals surface area contributed by atoms with E-state index < -0.39 is 0 Å². The van der Waals surface area contributed by atoms with E-state index >= 15 is 0 Å². The van der Waals surface area contributed by atoms with Gasteiger partial charge in [0.25, 0.3) is 0 Å². The first-order valence-corrected chi connectivity index (χ1v) is 9.28. The van der Waals surface area contributed by atoms with Gasteiger partial charge in [-0.15, -0.1) is 0 Å². The predicted octanol–water partition coefficient (Wildman–Crippen LogP) is 6.79. The molecule has 0 unspecified atom stereocenters. The quantitative estimate of drug-likeness (QED) is 0.305. The van der Waals surface area contributed by atoms with E-state index in [4.69, 9.17) is 10.5 Å². The van der Waals surface area contributed by atoms with Crippen LogP contribution in [0.5, 0.6) is 5.75 Å². The van der Waals surface area contributed by atoms with E-state index in [1.807, 2.05) is 54.6 Å². The van der Waals surface area contributed by atoms with Gasteiger partial charge in [0.2, 0.25) is 0 Å². The first-order chi connectivity index (χ1) is 14.1. The van der Waals surface area contributed by atoms with E-state index in [1.165, 1.54) is 12.1 Å². The highest BCUT2D eigenvalue weighted by molar-refractivity contribution is 5.72. The highest BCUT2D eigenvalue weighted by Gasteiger charge is 2.06. The summed E-state index contributed by atoms with van der Waals surface area (Å²) in [5, 5.41) is 0. The van der Waals surface area contributed by atoms with E-state index in [9.17, 15) is 4.39 Å². The Morgan fingerprint density at radius 3 is 1.62 bits per heavy atom. The smallest absolute Gasteiger partial charge is 0.150 e. The molecule has 2 nitrogen and oxygen atoms in total. The standard InChI is InChI=1S/C26H20FNO/c1-18(29-26-5-3-2-4-25(26)28)19-6-8-20(9-7-19)21-10-12-22(13-11-21)23-14-16-24(27)17-15-23/h2-17H,1,28H2. The normalized spacial score (nSPS) is 10.5. The number of rotatable bonds is 5. The van der Waals surface area contributed by atoms with E-state index in [1.54, 1.807) is 18.2 Å². The number of para-hydroxylation sites is 2. The molecule has 0 aliphatic heterocycles. The molecule has 3 heteroatoms. The van der Waals surface area contributed by atoms with Crippen molar-refractivity contribution in [2.45, 2.75) is 0 Å². The van der Waals surface area contributed by atoms with Crippen molar-refractivity contribution in [3.63, 3.8) is 0 Å². The molecule has 2 N–H and O–H groups in total. The van der Waals surface area contributed by atoms with Crippen molar-refractivity contribution in [1.82, 2.24) is 0 Å². The Morgan fingerprint density at radius 1 is 0.655 bits per heavy atom. The van der Waals surface area contributed by atoms with E-state index in [0.29, 0.717) is 17.2 Å². The van der Waals surface area contributed by atoms with E-state index in [-0.39, 0.29) is 5.82 Å². The number of halogens is 1. The largest absolute Gasteiger partial charge is 0.455 e. The van der Waals surface area contributed by atoms with Crippen LogP contribution in [0, 0.1) is 5.82 Å². The number of nitrogen functional groups attached to an aromatic ring is 1. The topological polar surface area (TPSA) is 35.2 Å². The van der Waals surface area contributed by atoms with Crippen molar-refractivity contribution >= 4 is 11.4 Å². The van der Waals surface area contributed by atoms with Crippen LogP contribution >= 0.6 is 0 Å². The van der Waals surface area contributed by atoms with Crippen molar-refractivity contribution in [3.8, 4) is 28.0 Å². The van der Waals surface area contributed by atoms with Crippen LogP contribution in [-0.2, 0) is 0 Å². The molecule has 0 bridgehead atoms. The molecule has 0 fully saturated rings. The SMILES string of the molecule is C=C(Oc1ccccc1N)c1ccc(-c2ccc(-c3ccc(F)cc3)cc2)cc1. The second kappa shape index (κ2) is 8.03. The Hall–Kier alpha value is -3.85. The molecule has 0 radical (unpaired) electrons. The van der Waals surface area contributed by atoms with Gasteiger partial charge in [0, 0.05) is 5.56 Å². The van der Waals surface area contributed by atoms with Gasteiger partial charge in [-0.2, -0.15) is 0 Å². The van der Waals surface area contributed by atoms with Crippen LogP contribution < -0.4 is 10.5 Å². The predicted molar refractivity (Wildman–Crippen MR) is 118 cm³/mol. The van der Waals surface area contributed by atoms with Crippen LogP contribution in [-0.4, -0.2) is 0 Å². The average molecular weight is 381 g/mol. The van der Waals surface area contributed by atoms with Gasteiger partial charge >= 0.3 is 0 Å². The zero-order chi connectivity index (χ0) is 20.2. The van der Waals surface area contributed by atoms with Gasteiger partial charge in [0.15, 0.2) is 0 Å². The molecule has 0 amide bonds. The summed E-state index contributed by atoms with van der Waals surface area (Å²) in [6.45, 7) is 4.01. The molecular formula is C26H20FNO. The van der Waals surface area contributed by atoms with Crippen LogP contribution in [0.15, 0.2) is 104 Å². The first kappa shape index (κ1) is 18.5. The molecule has 0 atom stereocenters. The summed E-state index contributed by atoms with van der Waals surface area (Å²) in [5.74, 6) is 0.907. The Bertz CT molecular complexity index is 1130. The van der Waals surface area contributed by atoms with Gasteiger partial charge in [-0.25, -0.2) is 4.39 Å². The van der Waals surface area contributed by atoms with Crippen LogP contribution in [0.4, 0.5) is 10.1 Å². The summed E-state index contributed by atoms with van der Waals surface area (Å²) in [6, 6.07) is 30.1. The second-order valence-electron chi connectivity index (χ2n) is 6.72. The van der Waals surface area contributed by atoms with Gasteiger partial charge < -0.3 is 10.5 Å². The zero-order valence-corrected chi connectivity index (χ0v) is 15.8. The molecular weight excluding hydrogens is 361 g/mol. The summed E-state index contributed by atoms with van der Waals surface area (Å²) in [6.07, 6.45) is 0. The molecule has 29 heavy (non-hydrogen) atoms. The Morgan fingerprint density at radius 2 is 1.10 bits per heavy atom. The van der Waals surface area contributed by atoms with E-state index in [2.05, 4.69) is 18.7 Å². The average Bonchev–Trinajstić information content (AvgIpc) is 2.76. The van der Waals surface area contributed by atoms with Crippen LogP contribution in [0.25, 0.3) is 28.0 Å². The molecule has 0 aliphatic rings. The van der Waals surface area contributed by atoms with Crippen molar-refractivity contribution < 1.29 is 9.13 Å². The fraction of sp³-hybridized carbons (Fsp3) is 0. The lowest BCUT2D eigenvalue weighted by atomic mass is 9.99. The lowest BCUT2D eigenvalue weighted by Gasteiger charge is -2.11. The summed E-state index contributed by atoms with van der Waals surface area (Å²) in [4.78, 5) is 0. The van der Waals surface area contributed by atoms with Crippen LogP contribution in [0.3, 0.4) is 0 Å². The summed E-state index contributed by atoms with van der Waals surface area (Å²) < 4.78 is 18.9. The Balaban J connectivity index is 1.49. The minimum absolute atomic E-state index is 0.231. The van der Waals surface area contributed by atoms with Gasteiger partial charge in [0.1, 0.15) is 17.3 Å². The highest BCUT2D eigenvalue weighted by atomic mass is 19.1. The molecule has 4 rings (SSSR count).